The first-order valence-corrected chi connectivity index (χ1v) is 2.26. The average molecular weight is 106 g/mol. The summed E-state index contributed by atoms with van der Waals surface area (Å²) in [6, 6.07) is 0. The topological polar surface area (TPSA) is 49.7 Å². The molecule has 0 aromatic carbocycles. The SMILES string of the molecule is CCC(CO)OO. The average Bonchev–Trinajstić information content (AvgIpc) is 1.72. The zero-order valence-corrected chi connectivity index (χ0v) is 4.29. The maximum atomic E-state index is 8.24. The second-order valence-electron chi connectivity index (χ2n) is 1.32. The van der Waals surface area contributed by atoms with E-state index in [2.05, 4.69) is 4.89 Å². The van der Waals surface area contributed by atoms with Crippen LogP contribution in [0.4, 0.5) is 0 Å². The molecular formula is C4H10O3. The quantitative estimate of drug-likeness (QED) is 0.400. The highest BCUT2D eigenvalue weighted by molar-refractivity contribution is 4.45. The van der Waals surface area contributed by atoms with Crippen LogP contribution in [0.15, 0.2) is 0 Å². The van der Waals surface area contributed by atoms with Gasteiger partial charge in [0.1, 0.15) is 6.10 Å². The van der Waals surface area contributed by atoms with E-state index in [0.29, 0.717) is 6.42 Å². The lowest BCUT2D eigenvalue weighted by Crippen LogP contribution is -2.13. The molecular weight excluding hydrogens is 96.0 g/mol. The minimum Gasteiger partial charge on any atom is -0.394 e. The zero-order chi connectivity index (χ0) is 5.70. The van der Waals surface area contributed by atoms with Crippen LogP contribution in [0.3, 0.4) is 0 Å². The molecule has 0 rings (SSSR count). The van der Waals surface area contributed by atoms with E-state index in [4.69, 9.17) is 10.4 Å². The van der Waals surface area contributed by atoms with Gasteiger partial charge in [-0.3, -0.25) is 5.26 Å². The molecule has 0 aliphatic heterocycles. The van der Waals surface area contributed by atoms with Gasteiger partial charge in [-0.1, -0.05) is 6.92 Å². The Morgan fingerprint density at radius 3 is 2.29 bits per heavy atom. The van der Waals surface area contributed by atoms with Gasteiger partial charge < -0.3 is 5.11 Å². The third kappa shape index (κ3) is 2.56. The largest absolute Gasteiger partial charge is 0.394 e. The van der Waals surface area contributed by atoms with Crippen LogP contribution in [0.5, 0.6) is 0 Å². The number of aliphatic hydroxyl groups excluding tert-OH is 1. The van der Waals surface area contributed by atoms with Crippen LogP contribution in [0.25, 0.3) is 0 Å². The fourth-order valence-electron chi connectivity index (χ4n) is 0.237. The molecule has 1 atom stereocenters. The summed E-state index contributed by atoms with van der Waals surface area (Å²) in [4.78, 5) is 3.80. The van der Waals surface area contributed by atoms with Gasteiger partial charge in [0.2, 0.25) is 0 Å². The van der Waals surface area contributed by atoms with Gasteiger partial charge in [0, 0.05) is 0 Å². The molecule has 0 aliphatic carbocycles. The molecule has 2 N–H and O–H groups in total. The van der Waals surface area contributed by atoms with Gasteiger partial charge in [0.25, 0.3) is 0 Å². The summed E-state index contributed by atoms with van der Waals surface area (Å²) in [5.41, 5.74) is 0. The maximum absolute atomic E-state index is 8.24. The summed E-state index contributed by atoms with van der Waals surface area (Å²) in [5.74, 6) is 0. The molecule has 0 fully saturated rings. The van der Waals surface area contributed by atoms with Crippen LogP contribution < -0.4 is 0 Å². The van der Waals surface area contributed by atoms with Gasteiger partial charge in [-0.05, 0) is 6.42 Å². The smallest absolute Gasteiger partial charge is 0.115 e. The van der Waals surface area contributed by atoms with Crippen LogP contribution in [0.2, 0.25) is 0 Å². The molecule has 1 unspecified atom stereocenters. The molecule has 44 valence electrons. The fraction of sp³-hybridized carbons (Fsp3) is 1.00. The van der Waals surface area contributed by atoms with E-state index >= 15 is 0 Å². The molecule has 3 nitrogen and oxygen atoms in total. The lowest BCUT2D eigenvalue weighted by Gasteiger charge is -2.03. The molecule has 7 heavy (non-hydrogen) atoms. The lowest BCUT2D eigenvalue weighted by atomic mass is 10.3. The van der Waals surface area contributed by atoms with E-state index in [1.807, 2.05) is 6.92 Å². The van der Waals surface area contributed by atoms with Crippen LogP contribution >= 0.6 is 0 Å². The summed E-state index contributed by atoms with van der Waals surface area (Å²) in [5, 5.41) is 16.1. The Hall–Kier alpha value is -0.120. The van der Waals surface area contributed by atoms with Crippen molar-refractivity contribution in [2.24, 2.45) is 0 Å². The van der Waals surface area contributed by atoms with Crippen molar-refractivity contribution in [2.45, 2.75) is 19.4 Å². The van der Waals surface area contributed by atoms with Gasteiger partial charge in [-0.15, -0.1) is 0 Å². The normalized spacial score (nSPS) is 14.1. The highest BCUT2D eigenvalue weighted by Gasteiger charge is 2.00. The van der Waals surface area contributed by atoms with Crippen molar-refractivity contribution in [2.75, 3.05) is 6.61 Å². The molecule has 0 radical (unpaired) electrons. The predicted octanol–water partition coefficient (Wildman–Crippen LogP) is 0.247. The van der Waals surface area contributed by atoms with E-state index in [1.54, 1.807) is 0 Å². The van der Waals surface area contributed by atoms with Crippen LogP contribution in [0.1, 0.15) is 13.3 Å². The van der Waals surface area contributed by atoms with Crippen LogP contribution in [0, 0.1) is 0 Å². The van der Waals surface area contributed by atoms with Crippen molar-refractivity contribution in [3.05, 3.63) is 0 Å². The first-order valence-electron chi connectivity index (χ1n) is 2.26. The first-order chi connectivity index (χ1) is 3.35. The Morgan fingerprint density at radius 2 is 2.29 bits per heavy atom. The van der Waals surface area contributed by atoms with Crippen molar-refractivity contribution in [3.8, 4) is 0 Å². The second kappa shape index (κ2) is 4.05. The molecule has 0 aliphatic rings. The van der Waals surface area contributed by atoms with Crippen molar-refractivity contribution >= 4 is 0 Å². The number of aliphatic hydroxyl groups is 1. The third-order valence-corrected chi connectivity index (χ3v) is 0.808. The van der Waals surface area contributed by atoms with E-state index in [-0.39, 0.29) is 6.61 Å². The van der Waals surface area contributed by atoms with Crippen molar-refractivity contribution in [1.82, 2.24) is 0 Å². The highest BCUT2D eigenvalue weighted by Crippen LogP contribution is 1.91. The first kappa shape index (κ1) is 6.88. The minimum atomic E-state index is -0.403. The Morgan fingerprint density at radius 1 is 1.71 bits per heavy atom. The number of hydrogen-bond acceptors (Lipinski definition) is 3. The molecule has 0 aromatic heterocycles. The van der Waals surface area contributed by atoms with E-state index in [1.165, 1.54) is 0 Å². The summed E-state index contributed by atoms with van der Waals surface area (Å²) < 4.78 is 0. The predicted molar refractivity (Wildman–Crippen MR) is 24.9 cm³/mol. The van der Waals surface area contributed by atoms with Gasteiger partial charge >= 0.3 is 0 Å². The second-order valence-corrected chi connectivity index (χ2v) is 1.32. The Labute approximate surface area is 42.5 Å². The summed E-state index contributed by atoms with van der Waals surface area (Å²) in [6.07, 6.45) is 0.229. The maximum Gasteiger partial charge on any atom is 0.115 e. The Bertz CT molecular complexity index is 28.4. The molecule has 0 aromatic rings. The van der Waals surface area contributed by atoms with E-state index in [9.17, 15) is 0 Å². The molecule has 0 spiro atoms. The van der Waals surface area contributed by atoms with Gasteiger partial charge in [-0.2, -0.15) is 0 Å². The molecule has 3 heteroatoms. The van der Waals surface area contributed by atoms with Crippen molar-refractivity contribution in [3.63, 3.8) is 0 Å². The molecule has 0 saturated heterocycles. The molecule has 0 amide bonds. The minimum absolute atomic E-state index is 0.118. The third-order valence-electron chi connectivity index (χ3n) is 0.808. The van der Waals surface area contributed by atoms with Crippen molar-refractivity contribution in [1.29, 1.82) is 0 Å². The summed E-state index contributed by atoms with van der Waals surface area (Å²) in [7, 11) is 0. The van der Waals surface area contributed by atoms with Crippen LogP contribution in [-0.2, 0) is 4.89 Å². The Kier molecular flexibility index (Phi) is 3.98. The monoisotopic (exact) mass is 106 g/mol. The summed E-state index contributed by atoms with van der Waals surface area (Å²) in [6.45, 7) is 1.70. The number of hydrogen-bond donors (Lipinski definition) is 2. The molecule has 0 bridgehead atoms. The standard InChI is InChI=1S/C4H10O3/c1-2-4(3-5)7-6/h4-6H,2-3H2,1H3. The van der Waals surface area contributed by atoms with E-state index < -0.39 is 6.10 Å². The molecule has 0 heterocycles. The molecule has 0 saturated carbocycles. The van der Waals surface area contributed by atoms with Gasteiger partial charge in [-0.25, -0.2) is 4.89 Å². The highest BCUT2D eigenvalue weighted by atomic mass is 17.1. The zero-order valence-electron chi connectivity index (χ0n) is 4.29. The van der Waals surface area contributed by atoms with Gasteiger partial charge in [0.05, 0.1) is 6.61 Å². The fourth-order valence-corrected chi connectivity index (χ4v) is 0.237. The van der Waals surface area contributed by atoms with E-state index in [0.717, 1.165) is 0 Å². The summed E-state index contributed by atoms with van der Waals surface area (Å²) >= 11 is 0. The van der Waals surface area contributed by atoms with Crippen LogP contribution in [-0.4, -0.2) is 23.1 Å². The van der Waals surface area contributed by atoms with Crippen molar-refractivity contribution < 1.29 is 15.3 Å². The Balaban J connectivity index is 2.99. The lowest BCUT2D eigenvalue weighted by molar-refractivity contribution is -0.284. The van der Waals surface area contributed by atoms with Gasteiger partial charge in [0.15, 0.2) is 0 Å². The number of rotatable bonds is 3.